The minimum absolute atomic E-state index is 0.173. The standard InChI is InChI=1S/C12H14N4O3/c13-11(17)9-15-7-6-14(12(15)16(18)19)8-10-4-2-1-3-5-10/h1-7,12H,8-9H2,(H2,13,17). The van der Waals surface area contributed by atoms with Gasteiger partial charge in [0.05, 0.1) is 11.5 Å². The average molecular weight is 262 g/mol. The summed E-state index contributed by atoms with van der Waals surface area (Å²) in [4.78, 5) is 24.4. The molecule has 1 unspecified atom stereocenters. The summed E-state index contributed by atoms with van der Waals surface area (Å²) in [6.45, 7) is 0.228. The van der Waals surface area contributed by atoms with E-state index in [0.29, 0.717) is 6.54 Å². The molecule has 7 nitrogen and oxygen atoms in total. The van der Waals surface area contributed by atoms with E-state index in [0.717, 1.165) is 5.56 Å². The Labute approximate surface area is 110 Å². The van der Waals surface area contributed by atoms with Crippen molar-refractivity contribution >= 4 is 5.91 Å². The molecule has 1 aromatic carbocycles. The molecular formula is C12H14N4O3. The summed E-state index contributed by atoms with van der Waals surface area (Å²) in [6, 6.07) is 9.41. The molecule has 1 atom stereocenters. The molecule has 0 fully saturated rings. The topological polar surface area (TPSA) is 92.7 Å². The van der Waals surface area contributed by atoms with E-state index in [-0.39, 0.29) is 6.54 Å². The number of hydrogen-bond acceptors (Lipinski definition) is 5. The van der Waals surface area contributed by atoms with Crippen LogP contribution in [0.5, 0.6) is 0 Å². The molecule has 0 spiro atoms. The lowest BCUT2D eigenvalue weighted by atomic mass is 10.2. The molecule has 0 aliphatic carbocycles. The van der Waals surface area contributed by atoms with Crippen molar-refractivity contribution in [2.24, 2.45) is 5.73 Å². The summed E-state index contributed by atoms with van der Waals surface area (Å²) in [5, 5.41) is 11.1. The van der Waals surface area contributed by atoms with Gasteiger partial charge in [0.2, 0.25) is 5.91 Å². The number of carbonyl (C=O) groups is 1. The Morgan fingerprint density at radius 1 is 1.26 bits per heavy atom. The monoisotopic (exact) mass is 262 g/mol. The predicted octanol–water partition coefficient (Wildman–Crippen LogP) is 0.321. The maximum Gasteiger partial charge on any atom is 0.368 e. The fourth-order valence-electron chi connectivity index (χ4n) is 2.00. The van der Waals surface area contributed by atoms with Gasteiger partial charge >= 0.3 is 6.29 Å². The first-order chi connectivity index (χ1) is 9.08. The van der Waals surface area contributed by atoms with Gasteiger partial charge in [0.15, 0.2) is 0 Å². The van der Waals surface area contributed by atoms with Crippen LogP contribution in [0.3, 0.4) is 0 Å². The van der Waals surface area contributed by atoms with E-state index in [9.17, 15) is 14.9 Å². The van der Waals surface area contributed by atoms with Crippen molar-refractivity contribution in [2.75, 3.05) is 6.54 Å². The Morgan fingerprint density at radius 2 is 1.89 bits per heavy atom. The lowest BCUT2D eigenvalue weighted by Gasteiger charge is -2.24. The first-order valence-electron chi connectivity index (χ1n) is 5.73. The van der Waals surface area contributed by atoms with Crippen molar-refractivity contribution < 1.29 is 9.72 Å². The largest absolute Gasteiger partial charge is 0.368 e. The van der Waals surface area contributed by atoms with Gasteiger partial charge in [0.25, 0.3) is 0 Å². The zero-order valence-corrected chi connectivity index (χ0v) is 10.2. The van der Waals surface area contributed by atoms with Gasteiger partial charge in [-0.25, -0.2) is 0 Å². The zero-order valence-electron chi connectivity index (χ0n) is 10.2. The Balaban J connectivity index is 2.11. The van der Waals surface area contributed by atoms with Crippen LogP contribution in [0.25, 0.3) is 0 Å². The van der Waals surface area contributed by atoms with E-state index in [2.05, 4.69) is 0 Å². The second-order valence-electron chi connectivity index (χ2n) is 4.23. The van der Waals surface area contributed by atoms with Crippen LogP contribution in [-0.2, 0) is 11.3 Å². The number of amides is 1. The first kappa shape index (κ1) is 12.9. The van der Waals surface area contributed by atoms with Crippen LogP contribution >= 0.6 is 0 Å². The Bertz CT molecular complexity index is 503. The summed E-state index contributed by atoms with van der Waals surface area (Å²) < 4.78 is 0. The van der Waals surface area contributed by atoms with Crippen molar-refractivity contribution in [3.8, 4) is 0 Å². The zero-order chi connectivity index (χ0) is 13.8. The maximum absolute atomic E-state index is 11.1. The van der Waals surface area contributed by atoms with Gasteiger partial charge in [0, 0.05) is 12.4 Å². The average Bonchev–Trinajstić information content (AvgIpc) is 2.72. The Morgan fingerprint density at radius 3 is 2.47 bits per heavy atom. The highest BCUT2D eigenvalue weighted by atomic mass is 16.6. The van der Waals surface area contributed by atoms with E-state index in [1.54, 1.807) is 11.1 Å². The van der Waals surface area contributed by atoms with Gasteiger partial charge in [-0.15, -0.1) is 0 Å². The molecule has 0 radical (unpaired) electrons. The van der Waals surface area contributed by atoms with Crippen LogP contribution in [0.15, 0.2) is 42.7 Å². The molecule has 1 aliphatic rings. The Hall–Kier alpha value is -2.57. The normalized spacial score (nSPS) is 17.8. The van der Waals surface area contributed by atoms with Gasteiger partial charge in [-0.3, -0.25) is 24.7 Å². The first-order valence-corrected chi connectivity index (χ1v) is 5.73. The minimum atomic E-state index is -1.09. The van der Waals surface area contributed by atoms with Gasteiger partial charge in [0.1, 0.15) is 6.54 Å². The number of nitrogens with two attached hydrogens (primary N) is 1. The van der Waals surface area contributed by atoms with Crippen molar-refractivity contribution in [3.05, 3.63) is 58.4 Å². The van der Waals surface area contributed by atoms with Crippen LogP contribution < -0.4 is 5.73 Å². The second-order valence-corrected chi connectivity index (χ2v) is 4.23. The van der Waals surface area contributed by atoms with Crippen LogP contribution in [0.1, 0.15) is 5.56 Å². The third-order valence-corrected chi connectivity index (χ3v) is 2.78. The summed E-state index contributed by atoms with van der Waals surface area (Å²) >= 11 is 0. The third kappa shape index (κ3) is 3.01. The molecule has 0 saturated heterocycles. The SMILES string of the molecule is NC(=O)CN1C=CN(Cc2ccccc2)C1[N+](=O)[O-]. The number of rotatable bonds is 5. The van der Waals surface area contributed by atoms with E-state index in [1.807, 2.05) is 30.3 Å². The van der Waals surface area contributed by atoms with Crippen molar-refractivity contribution in [3.63, 3.8) is 0 Å². The fraction of sp³-hybridized carbons (Fsp3) is 0.250. The smallest absolute Gasteiger partial charge is 0.368 e. The van der Waals surface area contributed by atoms with Gasteiger partial charge < -0.3 is 5.73 Å². The summed E-state index contributed by atoms with van der Waals surface area (Å²) in [5.41, 5.74) is 6.04. The number of carbonyl (C=O) groups excluding carboxylic acids is 1. The number of hydrogen-bond donors (Lipinski definition) is 1. The maximum atomic E-state index is 11.1. The molecule has 1 aromatic rings. The van der Waals surface area contributed by atoms with E-state index in [4.69, 9.17) is 5.73 Å². The van der Waals surface area contributed by atoms with Crippen molar-refractivity contribution in [1.29, 1.82) is 0 Å². The highest BCUT2D eigenvalue weighted by molar-refractivity contribution is 5.76. The quantitative estimate of drug-likeness (QED) is 0.609. The molecule has 1 heterocycles. The van der Waals surface area contributed by atoms with Crippen molar-refractivity contribution in [1.82, 2.24) is 9.80 Å². The van der Waals surface area contributed by atoms with Gasteiger partial charge in [-0.05, 0) is 5.56 Å². The van der Waals surface area contributed by atoms with E-state index >= 15 is 0 Å². The number of benzene rings is 1. The molecule has 2 rings (SSSR count). The highest BCUT2D eigenvalue weighted by Gasteiger charge is 2.36. The van der Waals surface area contributed by atoms with Crippen molar-refractivity contribution in [2.45, 2.75) is 12.8 Å². The third-order valence-electron chi connectivity index (χ3n) is 2.78. The molecule has 0 bridgehead atoms. The molecule has 100 valence electrons. The van der Waals surface area contributed by atoms with E-state index in [1.165, 1.54) is 11.1 Å². The number of primary amides is 1. The number of nitrogens with zero attached hydrogens (tertiary/aromatic N) is 3. The summed E-state index contributed by atoms with van der Waals surface area (Å²) in [5.74, 6) is -0.599. The van der Waals surface area contributed by atoms with Crippen LogP contribution in [0.4, 0.5) is 0 Å². The van der Waals surface area contributed by atoms with Crippen LogP contribution in [0.2, 0.25) is 0 Å². The van der Waals surface area contributed by atoms with Crippen LogP contribution in [0, 0.1) is 10.1 Å². The lowest BCUT2D eigenvalue weighted by molar-refractivity contribution is -0.569. The summed E-state index contributed by atoms with van der Waals surface area (Å²) in [6.07, 6.45) is 2.03. The lowest BCUT2D eigenvalue weighted by Crippen LogP contribution is -2.47. The summed E-state index contributed by atoms with van der Waals surface area (Å²) in [7, 11) is 0. The molecule has 2 N–H and O–H groups in total. The second kappa shape index (κ2) is 5.38. The Kier molecular flexibility index (Phi) is 3.65. The molecule has 19 heavy (non-hydrogen) atoms. The molecule has 0 aromatic heterocycles. The molecule has 0 saturated carbocycles. The van der Waals surface area contributed by atoms with Gasteiger partial charge in [-0.2, -0.15) is 0 Å². The minimum Gasteiger partial charge on any atom is -0.368 e. The molecule has 7 heteroatoms. The molecule has 1 amide bonds. The molecule has 1 aliphatic heterocycles. The fourth-order valence-corrected chi connectivity index (χ4v) is 2.00. The molecular weight excluding hydrogens is 248 g/mol. The van der Waals surface area contributed by atoms with Gasteiger partial charge in [-0.1, -0.05) is 30.3 Å². The van der Waals surface area contributed by atoms with E-state index < -0.39 is 17.1 Å². The number of nitro groups is 1. The van der Waals surface area contributed by atoms with Crippen LogP contribution in [-0.4, -0.2) is 33.5 Å². The highest BCUT2D eigenvalue weighted by Crippen LogP contribution is 2.19. The predicted molar refractivity (Wildman–Crippen MR) is 67.8 cm³/mol.